The number of hydrogen-bond acceptors (Lipinski definition) is 2. The van der Waals surface area contributed by atoms with Gasteiger partial charge >= 0.3 is 0 Å². The molecule has 0 aromatic heterocycles. The summed E-state index contributed by atoms with van der Waals surface area (Å²) in [6.07, 6.45) is -0.797. The van der Waals surface area contributed by atoms with Crippen LogP contribution in [0.15, 0.2) is 24.3 Å². The predicted molar refractivity (Wildman–Crippen MR) is 72.8 cm³/mol. The van der Waals surface area contributed by atoms with Gasteiger partial charge < -0.3 is 10.4 Å². The second-order valence-electron chi connectivity index (χ2n) is 5.81. The van der Waals surface area contributed by atoms with Gasteiger partial charge in [-0.05, 0) is 17.4 Å². The number of aliphatic hydroxyl groups is 1. The summed E-state index contributed by atoms with van der Waals surface area (Å²) in [7, 11) is 0. The Morgan fingerprint density at radius 1 is 1.28 bits per heavy atom. The molecule has 0 amide bonds. The van der Waals surface area contributed by atoms with E-state index in [2.05, 4.69) is 33.0 Å². The van der Waals surface area contributed by atoms with Crippen molar-refractivity contribution in [1.29, 1.82) is 0 Å². The second kappa shape index (κ2) is 6.30. The van der Waals surface area contributed by atoms with Gasteiger partial charge in [-0.15, -0.1) is 0 Å². The maximum absolute atomic E-state index is 13.4. The summed E-state index contributed by atoms with van der Waals surface area (Å²) >= 11 is 0. The molecular weight excluding hydrogens is 229 g/mol. The molecule has 2 nitrogen and oxygen atoms in total. The van der Waals surface area contributed by atoms with E-state index in [-0.39, 0.29) is 11.2 Å². The van der Waals surface area contributed by atoms with Gasteiger partial charge in [0, 0.05) is 18.7 Å². The number of aliphatic hydroxyl groups excluding tert-OH is 1. The number of rotatable bonds is 6. The van der Waals surface area contributed by atoms with E-state index in [1.54, 1.807) is 18.2 Å². The highest BCUT2D eigenvalue weighted by Gasteiger charge is 2.22. The molecule has 0 aliphatic carbocycles. The Morgan fingerprint density at radius 2 is 1.89 bits per heavy atom. The molecule has 0 saturated heterocycles. The van der Waals surface area contributed by atoms with Gasteiger partial charge in [0.15, 0.2) is 0 Å². The topological polar surface area (TPSA) is 32.3 Å². The van der Waals surface area contributed by atoms with E-state index in [9.17, 15) is 9.50 Å². The van der Waals surface area contributed by atoms with Crippen LogP contribution in [0.1, 0.15) is 39.4 Å². The van der Waals surface area contributed by atoms with Gasteiger partial charge in [0.05, 0.1) is 6.10 Å². The van der Waals surface area contributed by atoms with Crippen molar-refractivity contribution in [2.24, 2.45) is 11.3 Å². The second-order valence-corrected chi connectivity index (χ2v) is 5.81. The van der Waals surface area contributed by atoms with Crippen molar-refractivity contribution in [3.05, 3.63) is 35.6 Å². The quantitative estimate of drug-likeness (QED) is 0.816. The summed E-state index contributed by atoms with van der Waals surface area (Å²) < 4.78 is 13.4. The van der Waals surface area contributed by atoms with Crippen LogP contribution in [0.25, 0.3) is 0 Å². The summed E-state index contributed by atoms with van der Waals surface area (Å²) in [6.45, 7) is 9.89. The zero-order valence-corrected chi connectivity index (χ0v) is 11.7. The molecule has 1 atom stereocenters. The lowest BCUT2D eigenvalue weighted by molar-refractivity contribution is 0.156. The molecule has 1 aromatic carbocycles. The van der Waals surface area contributed by atoms with Crippen LogP contribution in [0.4, 0.5) is 4.39 Å². The molecule has 0 aliphatic rings. The van der Waals surface area contributed by atoms with Crippen molar-refractivity contribution in [2.45, 2.75) is 33.8 Å². The lowest BCUT2D eigenvalue weighted by atomic mass is 9.81. The molecule has 1 aromatic rings. The minimum Gasteiger partial charge on any atom is -0.387 e. The Labute approximate surface area is 109 Å². The third-order valence-corrected chi connectivity index (χ3v) is 3.75. The van der Waals surface area contributed by atoms with E-state index in [0.29, 0.717) is 18.0 Å². The molecule has 0 radical (unpaired) electrons. The van der Waals surface area contributed by atoms with E-state index in [1.165, 1.54) is 6.07 Å². The third-order valence-electron chi connectivity index (χ3n) is 3.75. The van der Waals surface area contributed by atoms with Crippen molar-refractivity contribution >= 4 is 0 Å². The van der Waals surface area contributed by atoms with Crippen LogP contribution in [0, 0.1) is 17.2 Å². The summed E-state index contributed by atoms with van der Waals surface area (Å²) in [5.41, 5.74) is 0.516. The number of nitrogens with one attached hydrogen (secondary N) is 1. The first kappa shape index (κ1) is 15.1. The predicted octanol–water partition coefficient (Wildman–Crippen LogP) is 3.13. The van der Waals surface area contributed by atoms with Gasteiger partial charge in [0.25, 0.3) is 0 Å². The van der Waals surface area contributed by atoms with Gasteiger partial charge in [0.1, 0.15) is 5.82 Å². The maximum Gasteiger partial charge on any atom is 0.129 e. The molecule has 0 aliphatic heterocycles. The first-order chi connectivity index (χ1) is 8.34. The van der Waals surface area contributed by atoms with Crippen molar-refractivity contribution in [3.8, 4) is 0 Å². The summed E-state index contributed by atoms with van der Waals surface area (Å²) in [5, 5.41) is 13.2. The van der Waals surface area contributed by atoms with Crippen LogP contribution in [-0.4, -0.2) is 18.2 Å². The van der Waals surface area contributed by atoms with Crippen molar-refractivity contribution in [3.63, 3.8) is 0 Å². The lowest BCUT2D eigenvalue weighted by Crippen LogP contribution is -2.35. The van der Waals surface area contributed by atoms with Gasteiger partial charge in [-0.2, -0.15) is 0 Å². The molecule has 3 heteroatoms. The van der Waals surface area contributed by atoms with Crippen molar-refractivity contribution in [1.82, 2.24) is 5.32 Å². The van der Waals surface area contributed by atoms with Crippen molar-refractivity contribution in [2.75, 3.05) is 13.1 Å². The summed E-state index contributed by atoms with van der Waals surface area (Å²) in [6, 6.07) is 6.35. The smallest absolute Gasteiger partial charge is 0.129 e. The average Bonchev–Trinajstić information content (AvgIpc) is 2.29. The lowest BCUT2D eigenvalue weighted by Gasteiger charge is -2.30. The average molecular weight is 253 g/mol. The van der Waals surface area contributed by atoms with Crippen LogP contribution in [0.3, 0.4) is 0 Å². The fraction of sp³-hybridized carbons (Fsp3) is 0.600. The highest BCUT2D eigenvalue weighted by molar-refractivity contribution is 5.19. The molecule has 0 spiro atoms. The summed E-state index contributed by atoms with van der Waals surface area (Å²) in [4.78, 5) is 0. The minimum atomic E-state index is -0.797. The molecule has 0 heterocycles. The van der Waals surface area contributed by atoms with E-state index in [4.69, 9.17) is 0 Å². The largest absolute Gasteiger partial charge is 0.387 e. The molecule has 1 rings (SSSR count). The first-order valence-corrected chi connectivity index (χ1v) is 6.48. The van der Waals surface area contributed by atoms with E-state index >= 15 is 0 Å². The Balaban J connectivity index is 2.48. The molecule has 0 bridgehead atoms. The zero-order valence-electron chi connectivity index (χ0n) is 11.7. The van der Waals surface area contributed by atoms with Gasteiger partial charge in [-0.3, -0.25) is 0 Å². The van der Waals surface area contributed by atoms with Crippen LogP contribution < -0.4 is 5.32 Å². The number of benzene rings is 1. The molecule has 102 valence electrons. The van der Waals surface area contributed by atoms with Crippen LogP contribution in [0.5, 0.6) is 0 Å². The third kappa shape index (κ3) is 4.07. The highest BCUT2D eigenvalue weighted by Crippen LogP contribution is 2.25. The van der Waals surface area contributed by atoms with E-state index < -0.39 is 6.10 Å². The Morgan fingerprint density at radius 3 is 2.44 bits per heavy atom. The highest BCUT2D eigenvalue weighted by atomic mass is 19.1. The Kier molecular flexibility index (Phi) is 5.29. The SMILES string of the molecule is CC(C)C(C)(C)CNCC(O)c1ccccc1F. The van der Waals surface area contributed by atoms with E-state index in [0.717, 1.165) is 6.54 Å². The maximum atomic E-state index is 13.4. The van der Waals surface area contributed by atoms with E-state index in [1.807, 2.05) is 0 Å². The normalized spacial score (nSPS) is 13.9. The fourth-order valence-electron chi connectivity index (χ4n) is 1.59. The van der Waals surface area contributed by atoms with Crippen LogP contribution >= 0.6 is 0 Å². The van der Waals surface area contributed by atoms with Gasteiger partial charge in [0.2, 0.25) is 0 Å². The molecule has 0 fully saturated rings. The fourth-order valence-corrected chi connectivity index (χ4v) is 1.59. The Bertz CT molecular complexity index is 377. The number of halogens is 1. The van der Waals surface area contributed by atoms with Crippen LogP contribution in [-0.2, 0) is 0 Å². The minimum absolute atomic E-state index is 0.162. The van der Waals surface area contributed by atoms with Gasteiger partial charge in [-0.1, -0.05) is 45.9 Å². The molecule has 0 saturated carbocycles. The summed E-state index contributed by atoms with van der Waals surface area (Å²) in [5.74, 6) is 0.200. The number of hydrogen-bond donors (Lipinski definition) is 2. The van der Waals surface area contributed by atoms with Crippen molar-refractivity contribution < 1.29 is 9.50 Å². The standard InChI is InChI=1S/C15H24FNO/c1-11(2)15(3,4)10-17-9-14(18)12-7-5-6-8-13(12)16/h5-8,11,14,17-18H,9-10H2,1-4H3. The molecule has 1 unspecified atom stereocenters. The molecular formula is C15H24FNO. The molecule has 18 heavy (non-hydrogen) atoms. The monoisotopic (exact) mass is 253 g/mol. The molecule has 2 N–H and O–H groups in total. The van der Waals surface area contributed by atoms with Crippen LogP contribution in [0.2, 0.25) is 0 Å². The van der Waals surface area contributed by atoms with Gasteiger partial charge in [-0.25, -0.2) is 4.39 Å². The first-order valence-electron chi connectivity index (χ1n) is 6.48. The Hall–Kier alpha value is -0.930. The zero-order chi connectivity index (χ0) is 13.8.